The van der Waals surface area contributed by atoms with Gasteiger partial charge in [0.2, 0.25) is 0 Å². The van der Waals surface area contributed by atoms with E-state index < -0.39 is 0 Å². The molecule has 0 aliphatic carbocycles. The molecule has 20 heavy (non-hydrogen) atoms. The van der Waals surface area contributed by atoms with Crippen LogP contribution in [0, 0.1) is 0 Å². The minimum absolute atomic E-state index is 0.602. The summed E-state index contributed by atoms with van der Waals surface area (Å²) in [6, 6.07) is 13.0. The van der Waals surface area contributed by atoms with Crippen LogP contribution in [0.15, 0.2) is 36.4 Å². The quantitative estimate of drug-likeness (QED) is 0.929. The second kappa shape index (κ2) is 5.81. The fourth-order valence-corrected chi connectivity index (χ4v) is 3.10. The third-order valence-corrected chi connectivity index (χ3v) is 4.37. The molecule has 2 aromatic rings. The van der Waals surface area contributed by atoms with E-state index in [1.54, 1.807) is 0 Å². The molecule has 2 N–H and O–H groups in total. The molecule has 0 amide bonds. The lowest BCUT2D eigenvalue weighted by Gasteiger charge is -2.36. The van der Waals surface area contributed by atoms with Crippen LogP contribution in [0.4, 0.5) is 5.69 Å². The highest BCUT2D eigenvalue weighted by molar-refractivity contribution is 5.96. The van der Waals surface area contributed by atoms with Gasteiger partial charge in [-0.05, 0) is 23.6 Å². The Morgan fingerprint density at radius 2 is 1.65 bits per heavy atom. The lowest BCUT2D eigenvalue weighted by atomic mass is 10.0. The molecular formula is C17H23N3. The van der Waals surface area contributed by atoms with Gasteiger partial charge in [-0.15, -0.1) is 0 Å². The number of hydrogen-bond acceptors (Lipinski definition) is 3. The molecule has 0 saturated carbocycles. The monoisotopic (exact) mass is 269 g/mol. The number of likely N-dealkylation sites (N-methyl/N-ethyl adjacent to an activating group) is 1. The van der Waals surface area contributed by atoms with E-state index in [2.05, 4.69) is 53.1 Å². The molecule has 1 fully saturated rings. The van der Waals surface area contributed by atoms with Gasteiger partial charge < -0.3 is 15.5 Å². The van der Waals surface area contributed by atoms with Gasteiger partial charge in [-0.3, -0.25) is 0 Å². The van der Waals surface area contributed by atoms with E-state index in [0.717, 1.165) is 32.7 Å². The first kappa shape index (κ1) is 13.4. The van der Waals surface area contributed by atoms with E-state index >= 15 is 0 Å². The van der Waals surface area contributed by atoms with Crippen molar-refractivity contribution < 1.29 is 0 Å². The molecule has 2 aromatic carbocycles. The molecule has 0 radical (unpaired) electrons. The number of nitrogens with zero attached hydrogens (tertiary/aromatic N) is 2. The van der Waals surface area contributed by atoms with Crippen molar-refractivity contribution in [1.82, 2.24) is 4.90 Å². The van der Waals surface area contributed by atoms with Crippen molar-refractivity contribution in [3.63, 3.8) is 0 Å². The third-order valence-electron chi connectivity index (χ3n) is 4.37. The predicted octanol–water partition coefficient (Wildman–Crippen LogP) is 2.44. The zero-order chi connectivity index (χ0) is 13.9. The molecule has 3 rings (SSSR count). The highest BCUT2D eigenvalue weighted by atomic mass is 15.3. The smallest absolute Gasteiger partial charge is 0.0447 e. The molecule has 3 heteroatoms. The number of hydrogen-bond donors (Lipinski definition) is 1. The molecular weight excluding hydrogens is 246 g/mol. The third kappa shape index (κ3) is 2.39. The largest absolute Gasteiger partial charge is 0.368 e. The summed E-state index contributed by atoms with van der Waals surface area (Å²) in [5, 5.41) is 2.63. The van der Waals surface area contributed by atoms with Crippen molar-refractivity contribution in [3.8, 4) is 0 Å². The maximum Gasteiger partial charge on any atom is 0.0447 e. The minimum Gasteiger partial charge on any atom is -0.368 e. The zero-order valence-corrected chi connectivity index (χ0v) is 12.2. The first-order valence-corrected chi connectivity index (χ1v) is 7.51. The second-order valence-electron chi connectivity index (χ2n) is 5.41. The van der Waals surface area contributed by atoms with E-state index in [9.17, 15) is 0 Å². The lowest BCUT2D eigenvalue weighted by molar-refractivity contribution is 0.271. The molecule has 1 saturated heterocycles. The Bertz CT molecular complexity index is 586. The van der Waals surface area contributed by atoms with Crippen LogP contribution in [-0.4, -0.2) is 37.6 Å². The average molecular weight is 269 g/mol. The summed E-state index contributed by atoms with van der Waals surface area (Å²) in [5.41, 5.74) is 8.45. The lowest BCUT2D eigenvalue weighted by Crippen LogP contribution is -2.46. The fourth-order valence-electron chi connectivity index (χ4n) is 3.10. The van der Waals surface area contributed by atoms with Gasteiger partial charge in [-0.25, -0.2) is 0 Å². The number of anilines is 1. The van der Waals surface area contributed by atoms with Crippen LogP contribution < -0.4 is 10.6 Å². The maximum atomic E-state index is 5.86. The highest BCUT2D eigenvalue weighted by Gasteiger charge is 2.17. The molecule has 1 aliphatic heterocycles. The SMILES string of the molecule is CCN1CCN(c2ccc(CN)c3ccccc23)CC1. The molecule has 0 aromatic heterocycles. The van der Waals surface area contributed by atoms with Crippen LogP contribution in [0.5, 0.6) is 0 Å². The summed E-state index contributed by atoms with van der Waals surface area (Å²) in [4.78, 5) is 5.02. The van der Waals surface area contributed by atoms with E-state index in [-0.39, 0.29) is 0 Å². The van der Waals surface area contributed by atoms with Gasteiger partial charge in [-0.1, -0.05) is 37.3 Å². The second-order valence-corrected chi connectivity index (χ2v) is 5.41. The van der Waals surface area contributed by atoms with Crippen molar-refractivity contribution in [1.29, 1.82) is 0 Å². The fraction of sp³-hybridized carbons (Fsp3) is 0.412. The maximum absolute atomic E-state index is 5.86. The molecule has 1 heterocycles. The van der Waals surface area contributed by atoms with Crippen molar-refractivity contribution in [2.45, 2.75) is 13.5 Å². The number of nitrogens with two attached hydrogens (primary N) is 1. The summed E-state index contributed by atoms with van der Waals surface area (Å²) in [7, 11) is 0. The van der Waals surface area contributed by atoms with Gasteiger partial charge in [0.15, 0.2) is 0 Å². The summed E-state index contributed by atoms with van der Waals surface area (Å²) in [6.45, 7) is 8.53. The van der Waals surface area contributed by atoms with Crippen LogP contribution in [0.3, 0.4) is 0 Å². The van der Waals surface area contributed by atoms with Crippen molar-refractivity contribution in [2.24, 2.45) is 5.73 Å². The number of piperazine rings is 1. The van der Waals surface area contributed by atoms with E-state index in [1.165, 1.54) is 22.0 Å². The zero-order valence-electron chi connectivity index (χ0n) is 12.2. The topological polar surface area (TPSA) is 32.5 Å². The van der Waals surface area contributed by atoms with Gasteiger partial charge in [0, 0.05) is 43.8 Å². The minimum atomic E-state index is 0.602. The molecule has 0 unspecified atom stereocenters. The Kier molecular flexibility index (Phi) is 3.90. The Morgan fingerprint density at radius 3 is 2.30 bits per heavy atom. The number of fused-ring (bicyclic) bond motifs is 1. The Balaban J connectivity index is 1.96. The molecule has 3 nitrogen and oxygen atoms in total. The molecule has 0 spiro atoms. The predicted molar refractivity (Wildman–Crippen MR) is 86.2 cm³/mol. The number of benzene rings is 2. The van der Waals surface area contributed by atoms with Gasteiger partial charge >= 0.3 is 0 Å². The summed E-state index contributed by atoms with van der Waals surface area (Å²) in [5.74, 6) is 0. The Labute approximate surface area is 121 Å². The standard InChI is InChI=1S/C17H23N3/c1-2-19-9-11-20(12-10-19)17-8-7-14(13-18)15-5-3-4-6-16(15)17/h3-8H,2,9-13,18H2,1H3. The van der Waals surface area contributed by atoms with Crippen LogP contribution in [0.2, 0.25) is 0 Å². The van der Waals surface area contributed by atoms with Crippen LogP contribution in [0.1, 0.15) is 12.5 Å². The molecule has 1 aliphatic rings. The van der Waals surface area contributed by atoms with Crippen LogP contribution in [-0.2, 0) is 6.54 Å². The van der Waals surface area contributed by atoms with Gasteiger partial charge in [0.1, 0.15) is 0 Å². The van der Waals surface area contributed by atoms with E-state index in [0.29, 0.717) is 6.54 Å². The van der Waals surface area contributed by atoms with Crippen LogP contribution in [0.25, 0.3) is 10.8 Å². The Morgan fingerprint density at radius 1 is 0.950 bits per heavy atom. The summed E-state index contributed by atoms with van der Waals surface area (Å²) < 4.78 is 0. The van der Waals surface area contributed by atoms with E-state index in [4.69, 9.17) is 5.73 Å². The highest BCUT2D eigenvalue weighted by Crippen LogP contribution is 2.30. The first-order valence-electron chi connectivity index (χ1n) is 7.51. The van der Waals surface area contributed by atoms with E-state index in [1.807, 2.05) is 0 Å². The van der Waals surface area contributed by atoms with Gasteiger partial charge in [0.05, 0.1) is 0 Å². The van der Waals surface area contributed by atoms with Crippen LogP contribution >= 0.6 is 0 Å². The number of rotatable bonds is 3. The Hall–Kier alpha value is -1.58. The normalized spacial score (nSPS) is 16.8. The van der Waals surface area contributed by atoms with Crippen molar-refractivity contribution in [2.75, 3.05) is 37.6 Å². The van der Waals surface area contributed by atoms with Crippen molar-refractivity contribution in [3.05, 3.63) is 42.0 Å². The molecule has 0 atom stereocenters. The van der Waals surface area contributed by atoms with Gasteiger partial charge in [0.25, 0.3) is 0 Å². The summed E-state index contributed by atoms with van der Waals surface area (Å²) in [6.07, 6.45) is 0. The molecule has 0 bridgehead atoms. The summed E-state index contributed by atoms with van der Waals surface area (Å²) >= 11 is 0. The van der Waals surface area contributed by atoms with Gasteiger partial charge in [-0.2, -0.15) is 0 Å². The van der Waals surface area contributed by atoms with Crippen molar-refractivity contribution >= 4 is 16.5 Å². The average Bonchev–Trinajstić information content (AvgIpc) is 2.54. The molecule has 106 valence electrons. The first-order chi connectivity index (χ1) is 9.83.